The second-order valence-corrected chi connectivity index (χ2v) is 10.5. The van der Waals surface area contributed by atoms with Crippen LogP contribution >= 0.6 is 11.3 Å². The summed E-state index contributed by atoms with van der Waals surface area (Å²) in [6, 6.07) is 8.78. The first-order valence-electron chi connectivity index (χ1n) is 9.45. The zero-order valence-electron chi connectivity index (χ0n) is 15.7. The number of para-hydroxylation sites is 1. The van der Waals surface area contributed by atoms with Crippen LogP contribution < -0.4 is 15.4 Å². The SMILES string of the molecule is O=C1NC(=O)C2(CCCC2CNS(=O)(=O)c2cnc(-c3cc4ccccc4o3)s2)N1. The summed E-state index contributed by atoms with van der Waals surface area (Å²) in [6.45, 7) is 0.0495. The first-order valence-corrected chi connectivity index (χ1v) is 11.8. The minimum atomic E-state index is -3.82. The minimum Gasteiger partial charge on any atom is -0.454 e. The number of hydrogen-bond donors (Lipinski definition) is 3. The highest BCUT2D eigenvalue weighted by Crippen LogP contribution is 2.38. The van der Waals surface area contributed by atoms with E-state index in [1.165, 1.54) is 6.20 Å². The summed E-state index contributed by atoms with van der Waals surface area (Å²) in [4.78, 5) is 28.1. The summed E-state index contributed by atoms with van der Waals surface area (Å²) in [5.74, 6) is -0.205. The number of urea groups is 1. The highest BCUT2D eigenvalue weighted by molar-refractivity contribution is 7.91. The molecule has 2 atom stereocenters. The molecule has 3 amide bonds. The molecule has 2 fully saturated rings. The van der Waals surface area contributed by atoms with Crippen molar-refractivity contribution in [1.82, 2.24) is 20.3 Å². The standard InChI is InChI=1S/C19H18N4O5S2/c24-17-19(23-18(25)22-17)7-3-5-12(19)9-21-30(26,27)15-10-20-16(29-15)14-8-11-4-1-2-6-13(11)28-14/h1-2,4,6,8,10,12,21H,3,5,7,9H2,(H2,22,23,24,25). The fraction of sp³-hybridized carbons (Fsp3) is 0.316. The van der Waals surface area contributed by atoms with E-state index in [0.717, 1.165) is 23.1 Å². The smallest absolute Gasteiger partial charge is 0.322 e. The molecule has 0 bridgehead atoms. The van der Waals surface area contributed by atoms with Crippen LogP contribution in [-0.2, 0) is 14.8 Å². The highest BCUT2D eigenvalue weighted by atomic mass is 32.2. The van der Waals surface area contributed by atoms with E-state index in [2.05, 4.69) is 20.3 Å². The van der Waals surface area contributed by atoms with Gasteiger partial charge in [-0.2, -0.15) is 0 Å². The molecule has 3 N–H and O–H groups in total. The second-order valence-electron chi connectivity index (χ2n) is 7.45. The maximum absolute atomic E-state index is 12.8. The van der Waals surface area contributed by atoms with E-state index in [1.807, 2.05) is 30.3 Å². The number of fused-ring (bicyclic) bond motifs is 1. The Morgan fingerprint density at radius 1 is 1.30 bits per heavy atom. The van der Waals surface area contributed by atoms with Crippen molar-refractivity contribution >= 4 is 44.3 Å². The average molecular weight is 447 g/mol. The maximum Gasteiger partial charge on any atom is 0.322 e. The first-order chi connectivity index (χ1) is 14.4. The van der Waals surface area contributed by atoms with E-state index in [1.54, 1.807) is 0 Å². The Hall–Kier alpha value is -2.76. The largest absolute Gasteiger partial charge is 0.454 e. The number of rotatable bonds is 5. The monoisotopic (exact) mass is 446 g/mol. The van der Waals surface area contributed by atoms with Crippen molar-refractivity contribution < 1.29 is 22.4 Å². The molecular formula is C19H18N4O5S2. The quantitative estimate of drug-likeness (QED) is 0.515. The summed E-state index contributed by atoms with van der Waals surface area (Å²) in [5.41, 5.74) is -0.333. The van der Waals surface area contributed by atoms with Crippen LogP contribution in [0, 0.1) is 5.92 Å². The zero-order chi connectivity index (χ0) is 20.9. The Kier molecular flexibility index (Phi) is 4.42. The van der Waals surface area contributed by atoms with Gasteiger partial charge in [0.1, 0.15) is 11.1 Å². The predicted molar refractivity (Wildman–Crippen MR) is 109 cm³/mol. The van der Waals surface area contributed by atoms with Gasteiger partial charge in [0.05, 0.1) is 6.20 Å². The van der Waals surface area contributed by atoms with Gasteiger partial charge in [0, 0.05) is 17.8 Å². The number of hydrogen-bond acceptors (Lipinski definition) is 7. The lowest BCUT2D eigenvalue weighted by molar-refractivity contribution is -0.125. The fourth-order valence-electron chi connectivity index (χ4n) is 4.19. The molecule has 2 aromatic heterocycles. The van der Waals surface area contributed by atoms with Crippen molar-refractivity contribution in [3.05, 3.63) is 36.5 Å². The van der Waals surface area contributed by atoms with Crippen molar-refractivity contribution in [2.24, 2.45) is 5.92 Å². The lowest BCUT2D eigenvalue weighted by Gasteiger charge is -2.27. The topological polar surface area (TPSA) is 130 Å². The number of benzene rings is 1. The summed E-state index contributed by atoms with van der Waals surface area (Å²) < 4.78 is 34.0. The molecule has 1 saturated heterocycles. The molecule has 2 aliphatic rings. The number of furan rings is 1. The summed E-state index contributed by atoms with van der Waals surface area (Å²) in [5, 5.41) is 6.32. The molecular weight excluding hydrogens is 428 g/mol. The first kappa shape index (κ1) is 19.2. The number of nitrogens with one attached hydrogen (secondary N) is 3. The highest BCUT2D eigenvalue weighted by Gasteiger charge is 2.54. The number of thiazole rings is 1. The van der Waals surface area contributed by atoms with Crippen LogP contribution in [0.25, 0.3) is 21.7 Å². The van der Waals surface area contributed by atoms with Crippen LogP contribution in [0.1, 0.15) is 19.3 Å². The van der Waals surface area contributed by atoms with Crippen LogP contribution in [0.5, 0.6) is 0 Å². The Bertz CT molecular complexity index is 1230. The van der Waals surface area contributed by atoms with Gasteiger partial charge in [0.15, 0.2) is 15.0 Å². The fourth-order valence-corrected chi connectivity index (χ4v) is 6.40. The Morgan fingerprint density at radius 2 is 2.13 bits per heavy atom. The third kappa shape index (κ3) is 3.09. The van der Waals surface area contributed by atoms with Crippen LogP contribution in [0.3, 0.4) is 0 Å². The van der Waals surface area contributed by atoms with Crippen LogP contribution in [-0.4, -0.2) is 37.4 Å². The van der Waals surface area contributed by atoms with Gasteiger partial charge in [-0.15, -0.1) is 0 Å². The van der Waals surface area contributed by atoms with Crippen molar-refractivity contribution in [3.63, 3.8) is 0 Å². The van der Waals surface area contributed by atoms with E-state index in [9.17, 15) is 18.0 Å². The number of aromatic nitrogens is 1. The van der Waals surface area contributed by atoms with Crippen molar-refractivity contribution in [2.45, 2.75) is 29.0 Å². The Morgan fingerprint density at radius 3 is 2.90 bits per heavy atom. The lowest BCUT2D eigenvalue weighted by atomic mass is 9.87. The summed E-state index contributed by atoms with van der Waals surface area (Å²) in [7, 11) is -3.82. The number of carbonyl (C=O) groups excluding carboxylic acids is 2. The van der Waals surface area contributed by atoms with Crippen molar-refractivity contribution in [2.75, 3.05) is 6.54 Å². The van der Waals surface area contributed by atoms with Gasteiger partial charge in [0.25, 0.3) is 15.9 Å². The molecule has 0 radical (unpaired) electrons. The minimum absolute atomic E-state index is 0.0495. The molecule has 1 aromatic carbocycles. The molecule has 3 heterocycles. The lowest BCUT2D eigenvalue weighted by Crippen LogP contribution is -2.53. The van der Waals surface area contributed by atoms with Gasteiger partial charge in [-0.25, -0.2) is 22.9 Å². The molecule has 156 valence electrons. The van der Waals surface area contributed by atoms with Gasteiger partial charge >= 0.3 is 6.03 Å². The summed E-state index contributed by atoms with van der Waals surface area (Å²) >= 11 is 1.01. The zero-order valence-corrected chi connectivity index (χ0v) is 17.3. The van der Waals surface area contributed by atoms with E-state index in [0.29, 0.717) is 29.2 Å². The number of sulfonamides is 1. The van der Waals surface area contributed by atoms with Crippen LogP contribution in [0.2, 0.25) is 0 Å². The predicted octanol–water partition coefficient (Wildman–Crippen LogP) is 2.21. The van der Waals surface area contributed by atoms with E-state index in [-0.39, 0.29) is 22.6 Å². The van der Waals surface area contributed by atoms with Crippen molar-refractivity contribution in [1.29, 1.82) is 0 Å². The molecule has 11 heteroatoms. The van der Waals surface area contributed by atoms with Gasteiger partial charge in [-0.3, -0.25) is 10.1 Å². The Labute approximate surface area is 175 Å². The Balaban J connectivity index is 1.34. The molecule has 30 heavy (non-hydrogen) atoms. The van der Waals surface area contributed by atoms with E-state index >= 15 is 0 Å². The number of carbonyl (C=O) groups is 2. The molecule has 1 spiro atoms. The number of amides is 3. The molecule has 5 rings (SSSR count). The van der Waals surface area contributed by atoms with Gasteiger partial charge in [-0.1, -0.05) is 36.0 Å². The third-order valence-electron chi connectivity index (χ3n) is 5.69. The molecule has 9 nitrogen and oxygen atoms in total. The van der Waals surface area contributed by atoms with Gasteiger partial charge in [-0.05, 0) is 25.0 Å². The molecule has 1 aliphatic carbocycles. The second kappa shape index (κ2) is 6.89. The summed E-state index contributed by atoms with van der Waals surface area (Å²) in [6.07, 6.45) is 3.16. The van der Waals surface area contributed by atoms with Crippen LogP contribution in [0.15, 0.2) is 45.2 Å². The van der Waals surface area contributed by atoms with E-state index in [4.69, 9.17) is 4.42 Å². The van der Waals surface area contributed by atoms with E-state index < -0.39 is 21.6 Å². The molecule has 2 unspecified atom stereocenters. The van der Waals surface area contributed by atoms with Crippen LogP contribution in [0.4, 0.5) is 4.79 Å². The number of imide groups is 1. The molecule has 1 aliphatic heterocycles. The third-order valence-corrected chi connectivity index (χ3v) is 8.59. The normalized spacial score (nSPS) is 23.9. The number of nitrogens with zero attached hydrogens (tertiary/aromatic N) is 1. The molecule has 3 aromatic rings. The van der Waals surface area contributed by atoms with Gasteiger partial charge in [0.2, 0.25) is 0 Å². The molecule has 1 saturated carbocycles. The van der Waals surface area contributed by atoms with Gasteiger partial charge < -0.3 is 9.73 Å². The maximum atomic E-state index is 12.8. The van der Waals surface area contributed by atoms with Crippen molar-refractivity contribution in [3.8, 4) is 10.8 Å². The average Bonchev–Trinajstić information content (AvgIpc) is 3.47.